The number of hydrogen-bond donors (Lipinski definition) is 2. The molecular weight excluding hydrogens is 266 g/mol. The molecule has 0 saturated carbocycles. The molecule has 1 unspecified atom stereocenters. The third-order valence-corrected chi connectivity index (χ3v) is 3.20. The number of carbonyl (C=O) groups is 1. The van der Waals surface area contributed by atoms with Gasteiger partial charge < -0.3 is 14.8 Å². The predicted octanol–water partition coefficient (Wildman–Crippen LogP) is 2.42. The van der Waals surface area contributed by atoms with Crippen LogP contribution in [-0.2, 0) is 0 Å². The number of hydrogen-bond acceptors (Lipinski definition) is 3. The Morgan fingerprint density at radius 1 is 1.38 bits per heavy atom. The maximum Gasteiger partial charge on any atom is 0.252 e. The molecule has 1 aromatic carbocycles. The zero-order valence-corrected chi connectivity index (χ0v) is 12.0. The quantitative estimate of drug-likeness (QED) is 0.850. The van der Waals surface area contributed by atoms with E-state index in [0.29, 0.717) is 11.3 Å². The third-order valence-electron chi connectivity index (χ3n) is 3.20. The Kier molecular flexibility index (Phi) is 4.81. The first-order valence-corrected chi connectivity index (χ1v) is 6.67. The number of aliphatic hydroxyl groups excluding tert-OH is 1. The number of benzene rings is 1. The van der Waals surface area contributed by atoms with E-state index < -0.39 is 0 Å². The lowest BCUT2D eigenvalue weighted by Gasteiger charge is -2.13. The van der Waals surface area contributed by atoms with Gasteiger partial charge in [0.1, 0.15) is 12.4 Å². The minimum Gasteiger partial charge on any atom is -0.467 e. The normalized spacial score (nSPS) is 11.4. The van der Waals surface area contributed by atoms with Gasteiger partial charge in [-0.3, -0.25) is 4.79 Å². The van der Waals surface area contributed by atoms with E-state index in [4.69, 9.17) is 9.52 Å². The Balaban J connectivity index is 2.19. The van der Waals surface area contributed by atoms with Crippen molar-refractivity contribution < 1.29 is 14.3 Å². The maximum atomic E-state index is 12.3. The Bertz CT molecular complexity index is 678. The molecule has 0 saturated heterocycles. The summed E-state index contributed by atoms with van der Waals surface area (Å²) >= 11 is 0. The zero-order valence-electron chi connectivity index (χ0n) is 12.0. The molecular formula is C17H17NO3. The SMILES string of the molecule is Cc1c(C#CCO)cccc1C(=O)NC(C)c1ccco1. The van der Waals surface area contributed by atoms with Crippen LogP contribution in [-0.4, -0.2) is 17.6 Å². The maximum absolute atomic E-state index is 12.3. The smallest absolute Gasteiger partial charge is 0.252 e. The van der Waals surface area contributed by atoms with Crippen LogP contribution in [0, 0.1) is 18.8 Å². The van der Waals surface area contributed by atoms with Crippen molar-refractivity contribution >= 4 is 5.91 Å². The van der Waals surface area contributed by atoms with Crippen LogP contribution in [0.3, 0.4) is 0 Å². The van der Waals surface area contributed by atoms with Gasteiger partial charge >= 0.3 is 0 Å². The van der Waals surface area contributed by atoms with Gasteiger partial charge in [-0.2, -0.15) is 0 Å². The molecule has 2 aromatic rings. The highest BCUT2D eigenvalue weighted by atomic mass is 16.3. The van der Waals surface area contributed by atoms with Gasteiger partial charge in [-0.15, -0.1) is 0 Å². The van der Waals surface area contributed by atoms with Crippen molar-refractivity contribution in [2.45, 2.75) is 19.9 Å². The summed E-state index contributed by atoms with van der Waals surface area (Å²) in [6.07, 6.45) is 1.58. The summed E-state index contributed by atoms with van der Waals surface area (Å²) in [6, 6.07) is 8.75. The van der Waals surface area contributed by atoms with Crippen LogP contribution in [0.25, 0.3) is 0 Å². The molecule has 2 rings (SSSR count). The summed E-state index contributed by atoms with van der Waals surface area (Å²) in [7, 11) is 0. The molecule has 1 amide bonds. The van der Waals surface area contributed by atoms with Crippen molar-refractivity contribution in [2.24, 2.45) is 0 Å². The second-order valence-corrected chi connectivity index (χ2v) is 4.65. The van der Waals surface area contributed by atoms with Crippen molar-refractivity contribution in [3.05, 3.63) is 59.0 Å². The van der Waals surface area contributed by atoms with Crippen molar-refractivity contribution in [1.29, 1.82) is 0 Å². The molecule has 2 N–H and O–H groups in total. The molecule has 0 radical (unpaired) electrons. The van der Waals surface area contributed by atoms with E-state index in [-0.39, 0.29) is 18.6 Å². The van der Waals surface area contributed by atoms with Crippen molar-refractivity contribution in [3.8, 4) is 11.8 Å². The van der Waals surface area contributed by atoms with Crippen molar-refractivity contribution in [3.63, 3.8) is 0 Å². The van der Waals surface area contributed by atoms with Crippen molar-refractivity contribution in [1.82, 2.24) is 5.32 Å². The molecule has 0 aliphatic rings. The molecule has 0 bridgehead atoms. The predicted molar refractivity (Wildman–Crippen MR) is 79.7 cm³/mol. The van der Waals surface area contributed by atoms with Crippen LogP contribution < -0.4 is 5.32 Å². The molecule has 4 nitrogen and oxygen atoms in total. The van der Waals surface area contributed by atoms with E-state index in [2.05, 4.69) is 17.2 Å². The second kappa shape index (κ2) is 6.78. The Morgan fingerprint density at radius 2 is 2.19 bits per heavy atom. The zero-order chi connectivity index (χ0) is 15.2. The molecule has 0 spiro atoms. The Labute approximate surface area is 123 Å². The average molecular weight is 283 g/mol. The molecule has 21 heavy (non-hydrogen) atoms. The first kappa shape index (κ1) is 14.9. The van der Waals surface area contributed by atoms with Crippen LogP contribution in [0.2, 0.25) is 0 Å². The summed E-state index contributed by atoms with van der Waals surface area (Å²) in [5.41, 5.74) is 2.10. The molecule has 1 aromatic heterocycles. The Hall–Kier alpha value is -2.51. The number of aliphatic hydroxyl groups is 1. The number of furan rings is 1. The summed E-state index contributed by atoms with van der Waals surface area (Å²) in [5, 5.41) is 11.7. The van der Waals surface area contributed by atoms with E-state index in [0.717, 1.165) is 11.1 Å². The summed E-state index contributed by atoms with van der Waals surface area (Å²) in [5.74, 6) is 5.96. The van der Waals surface area contributed by atoms with Crippen LogP contribution in [0.5, 0.6) is 0 Å². The first-order valence-electron chi connectivity index (χ1n) is 6.67. The van der Waals surface area contributed by atoms with Gasteiger partial charge in [-0.25, -0.2) is 0 Å². The van der Waals surface area contributed by atoms with Gasteiger partial charge in [0, 0.05) is 11.1 Å². The monoisotopic (exact) mass is 283 g/mol. The molecule has 1 atom stereocenters. The minimum atomic E-state index is -0.209. The van der Waals surface area contributed by atoms with Crippen LogP contribution in [0.4, 0.5) is 0 Å². The lowest BCUT2D eigenvalue weighted by Crippen LogP contribution is -2.27. The van der Waals surface area contributed by atoms with Crippen molar-refractivity contribution in [2.75, 3.05) is 6.61 Å². The molecule has 108 valence electrons. The molecule has 4 heteroatoms. The van der Waals surface area contributed by atoms with Gasteiger partial charge in [0.15, 0.2) is 0 Å². The number of carbonyl (C=O) groups excluding carboxylic acids is 1. The molecule has 0 fully saturated rings. The van der Waals surface area contributed by atoms with Gasteiger partial charge in [0.05, 0.1) is 12.3 Å². The van der Waals surface area contributed by atoms with E-state index in [9.17, 15) is 4.79 Å². The van der Waals surface area contributed by atoms with Gasteiger partial charge in [0.2, 0.25) is 0 Å². The lowest BCUT2D eigenvalue weighted by atomic mass is 10.0. The highest BCUT2D eigenvalue weighted by Gasteiger charge is 2.15. The fourth-order valence-corrected chi connectivity index (χ4v) is 2.03. The Morgan fingerprint density at radius 3 is 2.86 bits per heavy atom. The third kappa shape index (κ3) is 3.53. The first-order chi connectivity index (χ1) is 10.1. The number of amides is 1. The van der Waals surface area contributed by atoms with Crippen LogP contribution >= 0.6 is 0 Å². The fourth-order valence-electron chi connectivity index (χ4n) is 2.03. The van der Waals surface area contributed by atoms with Gasteiger partial charge in [-0.1, -0.05) is 17.9 Å². The van der Waals surface area contributed by atoms with E-state index in [1.54, 1.807) is 24.5 Å². The fraction of sp³-hybridized carbons (Fsp3) is 0.235. The standard InChI is InChI=1S/C17H17NO3/c1-12-14(7-4-10-19)6-3-8-15(12)17(20)18-13(2)16-9-5-11-21-16/h3,5-6,8-9,11,13,19H,10H2,1-2H3,(H,18,20). The largest absolute Gasteiger partial charge is 0.467 e. The minimum absolute atomic E-state index is 0.177. The van der Waals surface area contributed by atoms with Gasteiger partial charge in [0.25, 0.3) is 5.91 Å². The highest BCUT2D eigenvalue weighted by Crippen LogP contribution is 2.16. The highest BCUT2D eigenvalue weighted by molar-refractivity contribution is 5.96. The van der Waals surface area contributed by atoms with E-state index in [1.807, 2.05) is 26.0 Å². The molecule has 1 heterocycles. The van der Waals surface area contributed by atoms with Gasteiger partial charge in [-0.05, 0) is 43.7 Å². The van der Waals surface area contributed by atoms with Crippen LogP contribution in [0.1, 0.15) is 40.2 Å². The summed E-state index contributed by atoms with van der Waals surface area (Å²) < 4.78 is 5.27. The summed E-state index contributed by atoms with van der Waals surface area (Å²) in [4.78, 5) is 12.3. The second-order valence-electron chi connectivity index (χ2n) is 4.65. The summed E-state index contributed by atoms with van der Waals surface area (Å²) in [6.45, 7) is 3.50. The number of nitrogens with one attached hydrogen (secondary N) is 1. The van der Waals surface area contributed by atoms with E-state index in [1.165, 1.54) is 0 Å². The average Bonchev–Trinajstić information content (AvgIpc) is 3.00. The molecule has 0 aliphatic carbocycles. The number of rotatable bonds is 3. The topological polar surface area (TPSA) is 62.5 Å². The van der Waals surface area contributed by atoms with Crippen LogP contribution in [0.15, 0.2) is 41.0 Å². The van der Waals surface area contributed by atoms with E-state index >= 15 is 0 Å². The lowest BCUT2D eigenvalue weighted by molar-refractivity contribution is 0.0934. The molecule has 0 aliphatic heterocycles.